The van der Waals surface area contributed by atoms with Crippen molar-refractivity contribution in [1.29, 1.82) is 0 Å². The van der Waals surface area contributed by atoms with Crippen LogP contribution in [0, 0.1) is 0 Å². The molecule has 126 valence electrons. The lowest BCUT2D eigenvalue weighted by atomic mass is 9.95. The van der Waals surface area contributed by atoms with Gasteiger partial charge in [0.15, 0.2) is 5.78 Å². The number of ketones is 1. The highest BCUT2D eigenvalue weighted by molar-refractivity contribution is 5.95. The number of hydrogen-bond acceptors (Lipinski definition) is 5. The largest absolute Gasteiger partial charge is 0.444 e. The third-order valence-corrected chi connectivity index (χ3v) is 3.41. The number of rotatable bonds is 3. The molecule has 1 N–H and O–H groups in total. The maximum Gasteiger partial charge on any atom is 0.413 e. The zero-order valence-electron chi connectivity index (χ0n) is 14.4. The molecular formula is C15H26N2O5. The number of carbonyl (C=O) groups is 3. The maximum atomic E-state index is 12.5. The van der Waals surface area contributed by atoms with Crippen LogP contribution in [0.15, 0.2) is 0 Å². The number of amides is 2. The molecule has 2 amide bonds. The fourth-order valence-electron chi connectivity index (χ4n) is 2.37. The minimum Gasteiger partial charge on any atom is -0.444 e. The third-order valence-electron chi connectivity index (χ3n) is 3.41. The Hall–Kier alpha value is -1.63. The Bertz CT molecular complexity index is 481. The second kappa shape index (κ2) is 5.87. The van der Waals surface area contributed by atoms with Crippen LogP contribution < -0.4 is 5.32 Å². The fraction of sp³-hybridized carbons (Fsp3) is 0.800. The highest BCUT2D eigenvalue weighted by Crippen LogP contribution is 2.36. The molecule has 0 spiro atoms. The number of hydrogen-bond donors (Lipinski definition) is 1. The molecule has 1 atom stereocenters. The van der Waals surface area contributed by atoms with Crippen molar-refractivity contribution in [2.75, 3.05) is 13.2 Å². The van der Waals surface area contributed by atoms with Crippen LogP contribution >= 0.6 is 0 Å². The van der Waals surface area contributed by atoms with Gasteiger partial charge in [-0.1, -0.05) is 0 Å². The summed E-state index contributed by atoms with van der Waals surface area (Å²) in [6.45, 7) is 11.5. The van der Waals surface area contributed by atoms with Crippen LogP contribution in [-0.4, -0.2) is 52.7 Å². The van der Waals surface area contributed by atoms with E-state index in [1.807, 2.05) is 0 Å². The van der Waals surface area contributed by atoms with Gasteiger partial charge in [-0.3, -0.25) is 14.5 Å². The van der Waals surface area contributed by atoms with E-state index >= 15 is 0 Å². The van der Waals surface area contributed by atoms with E-state index in [-0.39, 0.29) is 24.8 Å². The molecule has 0 radical (unpaired) electrons. The van der Waals surface area contributed by atoms with E-state index in [9.17, 15) is 14.4 Å². The quantitative estimate of drug-likeness (QED) is 0.852. The van der Waals surface area contributed by atoms with Crippen LogP contribution in [0.2, 0.25) is 0 Å². The van der Waals surface area contributed by atoms with Crippen LogP contribution in [0.1, 0.15) is 48.5 Å². The molecule has 0 aromatic heterocycles. The molecule has 0 aliphatic carbocycles. The van der Waals surface area contributed by atoms with Crippen LogP contribution in [0.4, 0.5) is 4.79 Å². The molecule has 0 saturated carbocycles. The Morgan fingerprint density at radius 1 is 1.23 bits per heavy atom. The molecule has 1 aliphatic rings. The molecule has 1 unspecified atom stereocenters. The minimum absolute atomic E-state index is 0.0532. The summed E-state index contributed by atoms with van der Waals surface area (Å²) in [6, 6.07) is 0. The van der Waals surface area contributed by atoms with E-state index in [4.69, 9.17) is 9.47 Å². The lowest BCUT2D eigenvalue weighted by molar-refractivity contribution is -0.131. The van der Waals surface area contributed by atoms with Crippen LogP contribution in [0.25, 0.3) is 0 Å². The van der Waals surface area contributed by atoms with E-state index in [0.717, 1.165) is 0 Å². The first-order chi connectivity index (χ1) is 9.79. The zero-order valence-corrected chi connectivity index (χ0v) is 14.4. The molecule has 1 rings (SSSR count). The molecule has 1 heterocycles. The summed E-state index contributed by atoms with van der Waals surface area (Å²) in [5.41, 5.74) is -2.84. The normalized spacial score (nSPS) is 24.0. The van der Waals surface area contributed by atoms with E-state index in [1.165, 1.54) is 11.8 Å². The van der Waals surface area contributed by atoms with Gasteiger partial charge in [-0.15, -0.1) is 0 Å². The molecule has 1 aliphatic heterocycles. The second-order valence-corrected chi connectivity index (χ2v) is 7.16. The van der Waals surface area contributed by atoms with Crippen molar-refractivity contribution in [2.45, 2.75) is 65.3 Å². The van der Waals surface area contributed by atoms with Crippen LogP contribution in [0.3, 0.4) is 0 Å². The van der Waals surface area contributed by atoms with Gasteiger partial charge in [-0.2, -0.15) is 0 Å². The maximum absolute atomic E-state index is 12.5. The van der Waals surface area contributed by atoms with Gasteiger partial charge < -0.3 is 14.8 Å². The number of Topliss-reactive ketones (excluding diaryl/α,β-unsaturated/α-hetero) is 1. The van der Waals surface area contributed by atoms with Gasteiger partial charge >= 0.3 is 6.09 Å². The number of carbonyl (C=O) groups excluding carboxylic acids is 3. The molecule has 7 nitrogen and oxygen atoms in total. The molecular weight excluding hydrogens is 288 g/mol. The first-order valence-corrected chi connectivity index (χ1v) is 7.24. The zero-order chi connectivity index (χ0) is 17.3. The molecule has 0 bridgehead atoms. The van der Waals surface area contributed by atoms with Crippen molar-refractivity contribution >= 4 is 17.8 Å². The molecule has 1 fully saturated rings. The van der Waals surface area contributed by atoms with Crippen molar-refractivity contribution in [3.63, 3.8) is 0 Å². The summed E-state index contributed by atoms with van der Waals surface area (Å²) in [7, 11) is 0. The molecule has 22 heavy (non-hydrogen) atoms. The van der Waals surface area contributed by atoms with E-state index < -0.39 is 23.0 Å². The molecule has 1 saturated heterocycles. The van der Waals surface area contributed by atoms with Crippen molar-refractivity contribution in [3.05, 3.63) is 0 Å². The van der Waals surface area contributed by atoms with Gasteiger partial charge in [-0.25, -0.2) is 4.79 Å². The number of nitrogens with one attached hydrogen (secondary N) is 1. The van der Waals surface area contributed by atoms with Crippen LogP contribution in [-0.2, 0) is 19.1 Å². The topological polar surface area (TPSA) is 84.9 Å². The van der Waals surface area contributed by atoms with Crippen molar-refractivity contribution in [2.24, 2.45) is 0 Å². The predicted octanol–water partition coefficient (Wildman–Crippen LogP) is 1.45. The van der Waals surface area contributed by atoms with Crippen molar-refractivity contribution < 1.29 is 23.9 Å². The SMILES string of the molecule is CC(=O)NCC(=O)C1(C)COC(C)(C)N1C(=O)OC(C)(C)C. The fourth-order valence-corrected chi connectivity index (χ4v) is 2.37. The second-order valence-electron chi connectivity index (χ2n) is 7.16. The Kier molecular flexibility index (Phi) is 4.91. The van der Waals surface area contributed by atoms with Gasteiger partial charge in [-0.05, 0) is 41.5 Å². The first-order valence-electron chi connectivity index (χ1n) is 7.24. The number of ether oxygens (including phenoxy) is 2. The summed E-state index contributed by atoms with van der Waals surface area (Å²) < 4.78 is 11.0. The van der Waals surface area contributed by atoms with Crippen LogP contribution in [0.5, 0.6) is 0 Å². The monoisotopic (exact) mass is 314 g/mol. The standard InChI is InChI=1S/C15H26N2O5/c1-10(18)16-8-11(19)15(7)9-21-14(5,6)17(15)12(20)22-13(2,3)4/h8-9H2,1-7H3,(H,16,18). The molecule has 0 aromatic rings. The Labute approximate surface area is 131 Å². The summed E-state index contributed by atoms with van der Waals surface area (Å²) in [5.74, 6) is -0.613. The molecule has 7 heteroatoms. The summed E-state index contributed by atoms with van der Waals surface area (Å²) >= 11 is 0. The summed E-state index contributed by atoms with van der Waals surface area (Å²) in [4.78, 5) is 37.3. The average Bonchev–Trinajstić information content (AvgIpc) is 2.55. The van der Waals surface area contributed by atoms with E-state index in [2.05, 4.69) is 5.32 Å². The van der Waals surface area contributed by atoms with Crippen molar-refractivity contribution in [3.8, 4) is 0 Å². The lowest BCUT2D eigenvalue weighted by Crippen LogP contribution is -2.60. The van der Waals surface area contributed by atoms with E-state index in [0.29, 0.717) is 0 Å². The first kappa shape index (κ1) is 18.4. The van der Waals surface area contributed by atoms with Gasteiger partial charge in [0.25, 0.3) is 0 Å². The van der Waals surface area contributed by atoms with Gasteiger partial charge in [0, 0.05) is 6.92 Å². The predicted molar refractivity (Wildman–Crippen MR) is 80.2 cm³/mol. The highest BCUT2D eigenvalue weighted by atomic mass is 16.6. The number of nitrogens with zero attached hydrogens (tertiary/aromatic N) is 1. The van der Waals surface area contributed by atoms with Gasteiger partial charge in [0.2, 0.25) is 5.91 Å². The van der Waals surface area contributed by atoms with Crippen molar-refractivity contribution in [1.82, 2.24) is 10.2 Å². The molecule has 0 aromatic carbocycles. The summed E-state index contributed by atoms with van der Waals surface area (Å²) in [6.07, 6.45) is -0.617. The highest BCUT2D eigenvalue weighted by Gasteiger charge is 2.56. The average molecular weight is 314 g/mol. The Balaban J connectivity index is 3.04. The lowest BCUT2D eigenvalue weighted by Gasteiger charge is -2.39. The van der Waals surface area contributed by atoms with Gasteiger partial charge in [0.1, 0.15) is 16.9 Å². The smallest absolute Gasteiger partial charge is 0.413 e. The summed E-state index contributed by atoms with van der Waals surface area (Å²) in [5, 5.41) is 2.46. The Morgan fingerprint density at radius 2 is 1.77 bits per heavy atom. The minimum atomic E-state index is -1.19. The van der Waals surface area contributed by atoms with E-state index in [1.54, 1.807) is 41.5 Å². The third kappa shape index (κ3) is 3.97. The van der Waals surface area contributed by atoms with Gasteiger partial charge in [0.05, 0.1) is 13.2 Å². The Morgan fingerprint density at radius 3 is 2.23 bits per heavy atom.